The Bertz CT molecular complexity index is 1110. The van der Waals surface area contributed by atoms with Crippen molar-refractivity contribution in [2.75, 3.05) is 23.4 Å². The number of halogens is 3. The standard InChI is InChI=1S/C25H27F3N4O/c1-15-7-6-9-18(11-15)31(3)24(33)22-19-10-5-4-8-17(19)14-32(22)23-20(13-29)21(25(26,27)28)12-16(2)30-23/h6-7,9,11-12,17,19,22H,4-5,8,10,14H2,1-3H3. The van der Waals surface area contributed by atoms with Gasteiger partial charge in [0.1, 0.15) is 23.5 Å². The lowest BCUT2D eigenvalue weighted by molar-refractivity contribution is -0.137. The van der Waals surface area contributed by atoms with E-state index in [2.05, 4.69) is 4.98 Å². The highest BCUT2D eigenvalue weighted by Gasteiger charge is 2.49. The average Bonchev–Trinajstić information content (AvgIpc) is 3.16. The number of nitrogens with zero attached hydrogens (tertiary/aromatic N) is 4. The summed E-state index contributed by atoms with van der Waals surface area (Å²) < 4.78 is 41.2. The Morgan fingerprint density at radius 1 is 1.21 bits per heavy atom. The van der Waals surface area contributed by atoms with E-state index in [1.54, 1.807) is 22.9 Å². The SMILES string of the molecule is Cc1cccc(N(C)C(=O)C2C3CCCCC3CN2c2nc(C)cc(C(F)(F)F)c2C#N)c1. The van der Waals surface area contributed by atoms with Crippen LogP contribution >= 0.6 is 0 Å². The minimum absolute atomic E-state index is 0.0155. The lowest BCUT2D eigenvalue weighted by Gasteiger charge is -2.33. The Morgan fingerprint density at radius 2 is 1.94 bits per heavy atom. The van der Waals surface area contributed by atoms with Crippen molar-refractivity contribution in [3.8, 4) is 6.07 Å². The second kappa shape index (κ2) is 8.69. The Morgan fingerprint density at radius 3 is 2.61 bits per heavy atom. The number of carbonyl (C=O) groups excluding carboxylic acids is 1. The summed E-state index contributed by atoms with van der Waals surface area (Å²) in [7, 11) is 1.70. The number of hydrogen-bond donors (Lipinski definition) is 0. The second-order valence-corrected chi connectivity index (χ2v) is 9.16. The van der Waals surface area contributed by atoms with Gasteiger partial charge >= 0.3 is 6.18 Å². The van der Waals surface area contributed by atoms with Crippen LogP contribution in [0.15, 0.2) is 30.3 Å². The van der Waals surface area contributed by atoms with Crippen LogP contribution in [0.1, 0.15) is 48.1 Å². The van der Waals surface area contributed by atoms with Crippen molar-refractivity contribution in [1.82, 2.24) is 4.98 Å². The molecule has 33 heavy (non-hydrogen) atoms. The smallest absolute Gasteiger partial charge is 0.343 e. The second-order valence-electron chi connectivity index (χ2n) is 9.16. The number of alkyl halides is 3. The van der Waals surface area contributed by atoms with Crippen LogP contribution in [-0.4, -0.2) is 30.5 Å². The van der Waals surface area contributed by atoms with Gasteiger partial charge in [-0.05, 0) is 62.3 Å². The molecule has 1 aliphatic carbocycles. The number of hydrogen-bond acceptors (Lipinski definition) is 4. The molecule has 1 amide bonds. The third kappa shape index (κ3) is 4.29. The van der Waals surface area contributed by atoms with E-state index in [-0.39, 0.29) is 29.3 Å². The third-order valence-corrected chi connectivity index (χ3v) is 6.93. The molecule has 174 valence electrons. The van der Waals surface area contributed by atoms with Crippen LogP contribution in [-0.2, 0) is 11.0 Å². The topological polar surface area (TPSA) is 60.2 Å². The van der Waals surface area contributed by atoms with E-state index in [9.17, 15) is 23.2 Å². The molecule has 0 N–H and O–H groups in total. The number of aromatic nitrogens is 1. The van der Waals surface area contributed by atoms with E-state index in [0.717, 1.165) is 43.0 Å². The maximum atomic E-state index is 13.8. The fourth-order valence-corrected chi connectivity index (χ4v) is 5.37. The van der Waals surface area contributed by atoms with Gasteiger partial charge in [0.05, 0.1) is 5.56 Å². The van der Waals surface area contributed by atoms with Crippen molar-refractivity contribution in [3.05, 3.63) is 52.7 Å². The van der Waals surface area contributed by atoms with E-state index in [1.807, 2.05) is 31.2 Å². The summed E-state index contributed by atoms with van der Waals surface area (Å²) in [5.74, 6) is -0.0190. The first-order valence-electron chi connectivity index (χ1n) is 11.2. The Balaban J connectivity index is 1.81. The number of pyridine rings is 1. The number of carbonyl (C=O) groups is 1. The summed E-state index contributed by atoms with van der Waals surface area (Å²) in [6.07, 6.45) is -0.924. The van der Waals surface area contributed by atoms with Gasteiger partial charge in [0.2, 0.25) is 5.91 Å². The van der Waals surface area contributed by atoms with Gasteiger partial charge in [0.25, 0.3) is 0 Å². The van der Waals surface area contributed by atoms with Crippen molar-refractivity contribution in [1.29, 1.82) is 5.26 Å². The van der Waals surface area contributed by atoms with Gasteiger partial charge in [0, 0.05) is 25.0 Å². The first-order chi connectivity index (χ1) is 15.6. The van der Waals surface area contributed by atoms with Gasteiger partial charge in [-0.25, -0.2) is 4.98 Å². The van der Waals surface area contributed by atoms with Crippen molar-refractivity contribution >= 4 is 17.4 Å². The monoisotopic (exact) mass is 456 g/mol. The first-order valence-corrected chi connectivity index (χ1v) is 11.2. The summed E-state index contributed by atoms with van der Waals surface area (Å²) in [4.78, 5) is 21.4. The first kappa shape index (κ1) is 23.1. The number of nitriles is 1. The molecule has 2 aliphatic rings. The molecule has 2 fully saturated rings. The van der Waals surface area contributed by atoms with Crippen LogP contribution < -0.4 is 9.80 Å². The van der Waals surface area contributed by atoms with E-state index in [0.29, 0.717) is 6.54 Å². The summed E-state index contributed by atoms with van der Waals surface area (Å²) >= 11 is 0. The molecule has 5 nitrogen and oxygen atoms in total. The molecule has 1 saturated carbocycles. The van der Waals surface area contributed by atoms with E-state index in [1.165, 1.54) is 6.92 Å². The van der Waals surface area contributed by atoms with Gasteiger partial charge in [-0.15, -0.1) is 0 Å². The number of anilines is 2. The highest BCUT2D eigenvalue weighted by atomic mass is 19.4. The zero-order valence-electron chi connectivity index (χ0n) is 19.0. The molecule has 1 aliphatic heterocycles. The molecule has 1 aromatic carbocycles. The minimum atomic E-state index is -4.68. The predicted molar refractivity (Wildman–Crippen MR) is 120 cm³/mol. The zero-order chi connectivity index (χ0) is 23.9. The fraction of sp³-hybridized carbons (Fsp3) is 0.480. The van der Waals surface area contributed by atoms with E-state index >= 15 is 0 Å². The molecule has 3 atom stereocenters. The molecule has 0 radical (unpaired) electrons. The quantitative estimate of drug-likeness (QED) is 0.633. The molecule has 3 unspecified atom stereocenters. The van der Waals surface area contributed by atoms with Gasteiger partial charge < -0.3 is 9.80 Å². The van der Waals surface area contributed by atoms with Gasteiger partial charge in [-0.1, -0.05) is 25.0 Å². The van der Waals surface area contributed by atoms with Crippen molar-refractivity contribution in [3.63, 3.8) is 0 Å². The average molecular weight is 457 g/mol. The van der Waals surface area contributed by atoms with Crippen LogP contribution in [0, 0.1) is 37.0 Å². The summed E-state index contributed by atoms with van der Waals surface area (Å²) in [5, 5.41) is 9.70. The van der Waals surface area contributed by atoms with Gasteiger partial charge in [-0.3, -0.25) is 4.79 Å². The Kier molecular flexibility index (Phi) is 6.08. The Labute approximate surface area is 191 Å². The minimum Gasteiger partial charge on any atom is -0.343 e. The molecular weight excluding hydrogens is 429 g/mol. The lowest BCUT2D eigenvalue weighted by Crippen LogP contribution is -2.48. The number of amides is 1. The van der Waals surface area contributed by atoms with Crippen LogP contribution in [0.5, 0.6) is 0 Å². The normalized spacial score (nSPS) is 22.6. The van der Waals surface area contributed by atoms with Crippen molar-refractivity contribution in [2.24, 2.45) is 11.8 Å². The molecule has 2 heterocycles. The Hall–Kier alpha value is -3.08. The lowest BCUT2D eigenvalue weighted by atomic mass is 9.78. The van der Waals surface area contributed by atoms with Crippen LogP contribution in [0.4, 0.5) is 24.7 Å². The summed E-state index contributed by atoms with van der Waals surface area (Å²) in [5.41, 5.74) is 0.397. The number of benzene rings is 1. The molecular formula is C25H27F3N4O. The highest BCUT2D eigenvalue weighted by molar-refractivity contribution is 5.99. The summed E-state index contributed by atoms with van der Waals surface area (Å²) in [6, 6.07) is 9.53. The number of aryl methyl sites for hydroxylation is 2. The largest absolute Gasteiger partial charge is 0.417 e. The molecule has 2 aromatic rings. The van der Waals surface area contributed by atoms with Crippen molar-refractivity contribution in [2.45, 2.75) is 51.7 Å². The zero-order valence-corrected chi connectivity index (χ0v) is 19.0. The van der Waals surface area contributed by atoms with Crippen molar-refractivity contribution < 1.29 is 18.0 Å². The molecule has 0 bridgehead atoms. The molecule has 4 rings (SSSR count). The highest BCUT2D eigenvalue weighted by Crippen LogP contribution is 2.45. The third-order valence-electron chi connectivity index (χ3n) is 6.93. The maximum Gasteiger partial charge on any atom is 0.417 e. The molecule has 1 saturated heterocycles. The van der Waals surface area contributed by atoms with Crippen LogP contribution in [0.2, 0.25) is 0 Å². The van der Waals surface area contributed by atoms with Gasteiger partial charge in [-0.2, -0.15) is 18.4 Å². The fourth-order valence-electron chi connectivity index (χ4n) is 5.37. The summed E-state index contributed by atoms with van der Waals surface area (Å²) in [6.45, 7) is 3.85. The maximum absolute atomic E-state index is 13.8. The van der Waals surface area contributed by atoms with E-state index < -0.39 is 23.3 Å². The molecule has 0 spiro atoms. The van der Waals surface area contributed by atoms with E-state index in [4.69, 9.17) is 0 Å². The van der Waals surface area contributed by atoms with Crippen LogP contribution in [0.25, 0.3) is 0 Å². The van der Waals surface area contributed by atoms with Gasteiger partial charge in [0.15, 0.2) is 0 Å². The number of rotatable bonds is 3. The number of fused-ring (bicyclic) bond motifs is 1. The molecule has 1 aromatic heterocycles. The molecule has 8 heteroatoms. The number of likely N-dealkylation sites (N-methyl/N-ethyl adjacent to an activating group) is 1. The van der Waals surface area contributed by atoms with Crippen LogP contribution in [0.3, 0.4) is 0 Å². The predicted octanol–water partition coefficient (Wildman–Crippen LogP) is 5.25.